The predicted molar refractivity (Wildman–Crippen MR) is 63.2 cm³/mol. The van der Waals surface area contributed by atoms with Crippen LogP contribution in [0.4, 0.5) is 0 Å². The fourth-order valence-electron chi connectivity index (χ4n) is 1.78. The fraction of sp³-hybridized carbons (Fsp3) is 0.417. The Kier molecular flexibility index (Phi) is 3.24. The highest BCUT2D eigenvalue weighted by Crippen LogP contribution is 2.26. The lowest BCUT2D eigenvalue weighted by molar-refractivity contribution is 0.498. The molecule has 1 heterocycles. The first-order valence-corrected chi connectivity index (χ1v) is 5.89. The van der Waals surface area contributed by atoms with Crippen molar-refractivity contribution in [2.24, 2.45) is 0 Å². The molecule has 0 amide bonds. The Morgan fingerprint density at radius 3 is 2.93 bits per heavy atom. The number of hydrogen-bond acceptors (Lipinski definition) is 1. The maximum absolute atomic E-state index is 3.57. The molecule has 1 atom stereocenters. The van der Waals surface area contributed by atoms with E-state index in [9.17, 15) is 0 Å². The van der Waals surface area contributed by atoms with E-state index < -0.39 is 0 Å². The lowest BCUT2D eigenvalue weighted by Crippen LogP contribution is -2.27. The van der Waals surface area contributed by atoms with E-state index in [2.05, 4.69) is 52.8 Å². The third-order valence-electron chi connectivity index (χ3n) is 2.70. The Bertz CT molecular complexity index is 316. The minimum Gasteiger partial charge on any atom is -0.310 e. The van der Waals surface area contributed by atoms with Crippen LogP contribution in [0.1, 0.15) is 30.0 Å². The van der Waals surface area contributed by atoms with E-state index in [4.69, 9.17) is 0 Å². The third-order valence-corrected chi connectivity index (χ3v) is 3.56. The fourth-order valence-corrected chi connectivity index (χ4v) is 2.18. The van der Waals surface area contributed by atoms with E-state index in [-0.39, 0.29) is 0 Å². The van der Waals surface area contributed by atoms with Crippen LogP contribution >= 0.6 is 15.9 Å². The maximum Gasteiger partial charge on any atom is 0.0352 e. The zero-order valence-corrected chi connectivity index (χ0v) is 9.97. The molecule has 1 aromatic carbocycles. The number of halogens is 1. The standard InChI is InChI=1S/C12H15BrN/c1-9-5-6-10(8-11(9)13)12-4-2-3-7-14-12/h4-6,8,12,14H,2-3,7H2,1H3. The molecule has 1 N–H and O–H groups in total. The van der Waals surface area contributed by atoms with Crippen LogP contribution in [0.25, 0.3) is 0 Å². The van der Waals surface area contributed by atoms with Gasteiger partial charge in [-0.25, -0.2) is 0 Å². The van der Waals surface area contributed by atoms with Gasteiger partial charge in [-0.05, 0) is 49.9 Å². The van der Waals surface area contributed by atoms with Crippen LogP contribution in [0.5, 0.6) is 0 Å². The first-order chi connectivity index (χ1) is 6.77. The van der Waals surface area contributed by atoms with Crippen LogP contribution in [0.3, 0.4) is 0 Å². The molecule has 0 aromatic heterocycles. The monoisotopic (exact) mass is 252 g/mol. The normalized spacial score (nSPS) is 22.3. The van der Waals surface area contributed by atoms with E-state index in [0.29, 0.717) is 6.04 Å². The summed E-state index contributed by atoms with van der Waals surface area (Å²) in [5, 5.41) is 3.51. The zero-order valence-electron chi connectivity index (χ0n) is 8.39. The summed E-state index contributed by atoms with van der Waals surface area (Å²) in [5.74, 6) is 0. The number of hydrogen-bond donors (Lipinski definition) is 1. The minimum absolute atomic E-state index is 0.445. The van der Waals surface area contributed by atoms with E-state index in [1.807, 2.05) is 0 Å². The van der Waals surface area contributed by atoms with Crippen molar-refractivity contribution in [2.75, 3.05) is 6.54 Å². The third kappa shape index (κ3) is 2.18. The Labute approximate surface area is 94.0 Å². The Morgan fingerprint density at radius 1 is 1.43 bits per heavy atom. The highest BCUT2D eigenvalue weighted by Gasteiger charge is 2.14. The predicted octanol–water partition coefficient (Wildman–Crippen LogP) is 3.39. The van der Waals surface area contributed by atoms with Crippen molar-refractivity contribution < 1.29 is 0 Å². The Hall–Kier alpha value is -0.340. The van der Waals surface area contributed by atoms with Gasteiger partial charge in [0.2, 0.25) is 0 Å². The topological polar surface area (TPSA) is 12.0 Å². The summed E-state index contributed by atoms with van der Waals surface area (Å²) in [5.41, 5.74) is 2.66. The van der Waals surface area contributed by atoms with Gasteiger partial charge in [-0.15, -0.1) is 0 Å². The quantitative estimate of drug-likeness (QED) is 0.808. The second-order valence-electron chi connectivity index (χ2n) is 3.82. The number of piperidine rings is 1. The molecule has 2 rings (SSSR count). The summed E-state index contributed by atoms with van der Waals surface area (Å²) in [6.07, 6.45) is 4.85. The van der Waals surface area contributed by atoms with Crippen molar-refractivity contribution in [2.45, 2.75) is 25.8 Å². The number of aryl methyl sites for hydroxylation is 1. The van der Waals surface area contributed by atoms with Gasteiger partial charge in [0.25, 0.3) is 0 Å². The molecule has 1 nitrogen and oxygen atoms in total. The van der Waals surface area contributed by atoms with Crippen LogP contribution in [0, 0.1) is 13.3 Å². The van der Waals surface area contributed by atoms with E-state index in [1.165, 1.54) is 28.4 Å². The van der Waals surface area contributed by atoms with Gasteiger partial charge in [0.15, 0.2) is 0 Å². The van der Waals surface area contributed by atoms with Crippen molar-refractivity contribution >= 4 is 15.9 Å². The molecule has 1 unspecified atom stereocenters. The second-order valence-corrected chi connectivity index (χ2v) is 4.67. The highest BCUT2D eigenvalue weighted by molar-refractivity contribution is 9.10. The van der Waals surface area contributed by atoms with Crippen LogP contribution in [0.15, 0.2) is 22.7 Å². The SMILES string of the molecule is Cc1ccc(C2[CH]CCCN2)cc1Br. The molecule has 0 aliphatic carbocycles. The number of rotatable bonds is 1. The van der Waals surface area contributed by atoms with E-state index in [0.717, 1.165) is 6.54 Å². The molecule has 1 fully saturated rings. The minimum atomic E-state index is 0.445. The molecule has 14 heavy (non-hydrogen) atoms. The van der Waals surface area contributed by atoms with E-state index >= 15 is 0 Å². The van der Waals surface area contributed by atoms with Crippen LogP contribution < -0.4 is 5.32 Å². The molecule has 75 valence electrons. The first-order valence-electron chi connectivity index (χ1n) is 5.10. The summed E-state index contributed by atoms with van der Waals surface area (Å²) in [6.45, 7) is 3.25. The van der Waals surface area contributed by atoms with Crippen LogP contribution in [-0.2, 0) is 0 Å². The number of benzene rings is 1. The number of nitrogens with one attached hydrogen (secondary N) is 1. The molecular weight excluding hydrogens is 238 g/mol. The van der Waals surface area contributed by atoms with E-state index in [1.54, 1.807) is 0 Å². The van der Waals surface area contributed by atoms with Crippen molar-refractivity contribution in [3.8, 4) is 0 Å². The first kappa shape index (κ1) is 10.2. The van der Waals surface area contributed by atoms with Gasteiger partial charge < -0.3 is 5.32 Å². The second kappa shape index (κ2) is 4.45. The molecule has 0 spiro atoms. The van der Waals surface area contributed by atoms with Crippen molar-refractivity contribution in [3.63, 3.8) is 0 Å². The van der Waals surface area contributed by atoms with Gasteiger partial charge >= 0.3 is 0 Å². The zero-order chi connectivity index (χ0) is 9.97. The van der Waals surface area contributed by atoms with Crippen molar-refractivity contribution in [3.05, 3.63) is 40.2 Å². The van der Waals surface area contributed by atoms with Gasteiger partial charge in [-0.1, -0.05) is 28.1 Å². The molecule has 1 saturated heterocycles. The lowest BCUT2D eigenvalue weighted by Gasteiger charge is -2.23. The van der Waals surface area contributed by atoms with Gasteiger partial charge in [-0.3, -0.25) is 0 Å². The average Bonchev–Trinajstić information content (AvgIpc) is 2.23. The lowest BCUT2D eigenvalue weighted by atomic mass is 9.97. The van der Waals surface area contributed by atoms with Crippen molar-refractivity contribution in [1.82, 2.24) is 5.32 Å². The summed E-state index contributed by atoms with van der Waals surface area (Å²) < 4.78 is 1.20. The molecule has 1 aromatic rings. The Morgan fingerprint density at radius 2 is 2.29 bits per heavy atom. The van der Waals surface area contributed by atoms with Gasteiger partial charge in [-0.2, -0.15) is 0 Å². The summed E-state index contributed by atoms with van der Waals surface area (Å²) >= 11 is 3.57. The molecular formula is C12H15BrN. The Balaban J connectivity index is 2.18. The molecule has 0 saturated carbocycles. The summed E-state index contributed by atoms with van der Waals surface area (Å²) in [7, 11) is 0. The van der Waals surface area contributed by atoms with Gasteiger partial charge in [0.05, 0.1) is 0 Å². The molecule has 1 aliphatic rings. The van der Waals surface area contributed by atoms with Gasteiger partial charge in [0, 0.05) is 10.5 Å². The largest absolute Gasteiger partial charge is 0.310 e. The molecule has 1 radical (unpaired) electrons. The smallest absolute Gasteiger partial charge is 0.0352 e. The van der Waals surface area contributed by atoms with Crippen LogP contribution in [-0.4, -0.2) is 6.54 Å². The average molecular weight is 253 g/mol. The molecule has 1 aliphatic heterocycles. The molecule has 2 heteroatoms. The van der Waals surface area contributed by atoms with Crippen molar-refractivity contribution in [1.29, 1.82) is 0 Å². The summed E-state index contributed by atoms with van der Waals surface area (Å²) in [4.78, 5) is 0. The van der Waals surface area contributed by atoms with Crippen LogP contribution in [0.2, 0.25) is 0 Å². The highest BCUT2D eigenvalue weighted by atomic mass is 79.9. The maximum atomic E-state index is 3.57. The van der Waals surface area contributed by atoms with Gasteiger partial charge in [0.1, 0.15) is 0 Å². The summed E-state index contributed by atoms with van der Waals surface area (Å²) in [6, 6.07) is 7.04. The molecule has 0 bridgehead atoms.